The number of hydrogen-bond donors (Lipinski definition) is 1. The van der Waals surface area contributed by atoms with E-state index in [1.54, 1.807) is 6.07 Å². The third-order valence-electron chi connectivity index (χ3n) is 2.02. The molecule has 0 aliphatic heterocycles. The normalized spacial score (nSPS) is 9.67. The number of fused-ring (bicyclic) bond motifs is 1. The van der Waals surface area contributed by atoms with Gasteiger partial charge in [0, 0.05) is 17.1 Å². The van der Waals surface area contributed by atoms with E-state index in [-0.39, 0.29) is 11.6 Å². The van der Waals surface area contributed by atoms with Gasteiger partial charge in [-0.05, 0) is 13.0 Å². The number of halogens is 1. The molecule has 0 atom stereocenters. The van der Waals surface area contributed by atoms with Gasteiger partial charge in [0.15, 0.2) is 11.6 Å². The Bertz CT molecular complexity index is 451. The van der Waals surface area contributed by atoms with Crippen LogP contribution >= 0.6 is 0 Å². The molecule has 2 rings (SSSR count). The van der Waals surface area contributed by atoms with E-state index in [0.29, 0.717) is 5.52 Å². The average Bonchev–Trinajstić information content (AvgIpc) is 2.61. The lowest BCUT2D eigenvalue weighted by molar-refractivity contribution is 0.387. The summed E-state index contributed by atoms with van der Waals surface area (Å²) < 4.78 is 18.0. The fourth-order valence-corrected chi connectivity index (χ4v) is 1.30. The van der Waals surface area contributed by atoms with Gasteiger partial charge in [-0.3, -0.25) is 5.10 Å². The number of aryl methyl sites for hydroxylation is 1. The third kappa shape index (κ3) is 2.09. The Labute approximate surface area is 88.3 Å². The standard InChI is InChI=1S/C9H9FN2O.C2H6/c1-5-6-3-9(13-2)7(10)4-8(6)12-11-5;1-2/h3-4H,1-2H3,(H,11,12);1-2H3. The first-order valence-corrected chi connectivity index (χ1v) is 4.90. The Morgan fingerprint density at radius 3 is 2.60 bits per heavy atom. The van der Waals surface area contributed by atoms with Crippen molar-refractivity contribution in [3.63, 3.8) is 0 Å². The van der Waals surface area contributed by atoms with E-state index in [0.717, 1.165) is 11.1 Å². The molecule has 0 unspecified atom stereocenters. The van der Waals surface area contributed by atoms with Gasteiger partial charge in [-0.1, -0.05) is 13.8 Å². The van der Waals surface area contributed by atoms with E-state index in [2.05, 4.69) is 10.2 Å². The molecule has 0 saturated heterocycles. The molecule has 2 aromatic rings. The summed E-state index contributed by atoms with van der Waals surface area (Å²) in [6, 6.07) is 3.00. The first-order valence-electron chi connectivity index (χ1n) is 4.90. The molecule has 1 aromatic carbocycles. The van der Waals surface area contributed by atoms with E-state index in [1.165, 1.54) is 13.2 Å². The molecule has 0 spiro atoms. The van der Waals surface area contributed by atoms with Crippen LogP contribution in [0.1, 0.15) is 19.5 Å². The monoisotopic (exact) mass is 210 g/mol. The smallest absolute Gasteiger partial charge is 0.167 e. The maximum atomic E-state index is 13.2. The van der Waals surface area contributed by atoms with Crippen LogP contribution in [0.15, 0.2) is 12.1 Å². The lowest BCUT2D eigenvalue weighted by Gasteiger charge is -2.00. The van der Waals surface area contributed by atoms with Crippen LogP contribution in [0.4, 0.5) is 4.39 Å². The largest absolute Gasteiger partial charge is 0.494 e. The van der Waals surface area contributed by atoms with E-state index in [9.17, 15) is 4.39 Å². The first-order chi connectivity index (χ1) is 7.22. The van der Waals surface area contributed by atoms with Crippen LogP contribution in [0.3, 0.4) is 0 Å². The van der Waals surface area contributed by atoms with Gasteiger partial charge < -0.3 is 4.74 Å². The fraction of sp³-hybridized carbons (Fsp3) is 0.364. The molecule has 0 amide bonds. The van der Waals surface area contributed by atoms with Crippen LogP contribution in [-0.4, -0.2) is 17.3 Å². The molecule has 0 saturated carbocycles. The Kier molecular flexibility index (Phi) is 3.66. The number of nitrogens with one attached hydrogen (secondary N) is 1. The first kappa shape index (κ1) is 11.5. The molecule has 0 bridgehead atoms. The molecule has 0 radical (unpaired) electrons. The number of rotatable bonds is 1. The number of aromatic nitrogens is 2. The number of aromatic amines is 1. The minimum Gasteiger partial charge on any atom is -0.494 e. The maximum absolute atomic E-state index is 13.2. The van der Waals surface area contributed by atoms with Crippen LogP contribution in [0.2, 0.25) is 0 Å². The molecule has 15 heavy (non-hydrogen) atoms. The van der Waals surface area contributed by atoms with Crippen molar-refractivity contribution >= 4 is 10.9 Å². The van der Waals surface area contributed by atoms with Crippen molar-refractivity contribution in [2.75, 3.05) is 7.11 Å². The predicted octanol–water partition coefficient (Wildman–Crippen LogP) is 3.05. The summed E-state index contributed by atoms with van der Waals surface area (Å²) in [7, 11) is 1.44. The highest BCUT2D eigenvalue weighted by atomic mass is 19.1. The number of methoxy groups -OCH3 is 1. The lowest BCUT2D eigenvalue weighted by atomic mass is 10.2. The van der Waals surface area contributed by atoms with Crippen molar-refractivity contribution in [3.05, 3.63) is 23.6 Å². The van der Waals surface area contributed by atoms with Gasteiger partial charge in [0.2, 0.25) is 0 Å². The zero-order chi connectivity index (χ0) is 11.4. The van der Waals surface area contributed by atoms with E-state index < -0.39 is 0 Å². The summed E-state index contributed by atoms with van der Waals surface area (Å²) in [6.45, 7) is 5.88. The van der Waals surface area contributed by atoms with Crippen LogP contribution in [0.5, 0.6) is 5.75 Å². The highest BCUT2D eigenvalue weighted by molar-refractivity contribution is 5.82. The molecule has 0 fully saturated rings. The third-order valence-corrected chi connectivity index (χ3v) is 2.02. The zero-order valence-corrected chi connectivity index (χ0v) is 9.39. The fourth-order valence-electron chi connectivity index (χ4n) is 1.30. The average molecular weight is 210 g/mol. The molecule has 4 heteroatoms. The van der Waals surface area contributed by atoms with Crippen molar-refractivity contribution in [3.8, 4) is 5.75 Å². The molecular weight excluding hydrogens is 195 g/mol. The van der Waals surface area contributed by atoms with Crippen LogP contribution in [0, 0.1) is 12.7 Å². The number of nitrogens with zero attached hydrogens (tertiary/aromatic N) is 1. The summed E-state index contributed by atoms with van der Waals surface area (Å²) in [5, 5.41) is 7.60. The Morgan fingerprint density at radius 2 is 2.00 bits per heavy atom. The quantitative estimate of drug-likeness (QED) is 0.785. The van der Waals surface area contributed by atoms with Gasteiger partial charge in [0.1, 0.15) is 0 Å². The van der Waals surface area contributed by atoms with Gasteiger partial charge in [-0.25, -0.2) is 4.39 Å². The molecular formula is C11H15FN2O. The summed E-state index contributed by atoms with van der Waals surface area (Å²) in [6.07, 6.45) is 0. The number of ether oxygens (including phenoxy) is 1. The van der Waals surface area contributed by atoms with Gasteiger partial charge in [-0.15, -0.1) is 0 Å². The lowest BCUT2D eigenvalue weighted by Crippen LogP contribution is -1.87. The molecule has 82 valence electrons. The number of benzene rings is 1. The van der Waals surface area contributed by atoms with Crippen molar-refractivity contribution in [2.45, 2.75) is 20.8 Å². The van der Waals surface area contributed by atoms with Crippen molar-refractivity contribution in [2.24, 2.45) is 0 Å². The Morgan fingerprint density at radius 1 is 1.33 bits per heavy atom. The molecule has 1 N–H and O–H groups in total. The second-order valence-corrected chi connectivity index (χ2v) is 2.85. The maximum Gasteiger partial charge on any atom is 0.167 e. The predicted molar refractivity (Wildman–Crippen MR) is 58.7 cm³/mol. The summed E-state index contributed by atoms with van der Waals surface area (Å²) in [5.74, 6) is -0.140. The minimum atomic E-state index is -0.387. The van der Waals surface area contributed by atoms with E-state index >= 15 is 0 Å². The number of H-pyrrole nitrogens is 1. The summed E-state index contributed by atoms with van der Waals surface area (Å²) >= 11 is 0. The van der Waals surface area contributed by atoms with Crippen molar-refractivity contribution < 1.29 is 9.13 Å². The van der Waals surface area contributed by atoms with Crippen LogP contribution in [0.25, 0.3) is 10.9 Å². The van der Waals surface area contributed by atoms with Gasteiger partial charge >= 0.3 is 0 Å². The molecule has 1 heterocycles. The topological polar surface area (TPSA) is 37.9 Å². The summed E-state index contributed by atoms with van der Waals surface area (Å²) in [4.78, 5) is 0. The Hall–Kier alpha value is -1.58. The zero-order valence-electron chi connectivity index (χ0n) is 9.39. The van der Waals surface area contributed by atoms with Crippen molar-refractivity contribution in [1.82, 2.24) is 10.2 Å². The highest BCUT2D eigenvalue weighted by Gasteiger charge is 2.08. The SMILES string of the molecule is CC.COc1cc2c(C)[nH]nc2cc1F. The van der Waals surface area contributed by atoms with Gasteiger partial charge in [-0.2, -0.15) is 5.10 Å². The molecule has 0 aliphatic carbocycles. The molecule has 0 aliphatic rings. The highest BCUT2D eigenvalue weighted by Crippen LogP contribution is 2.24. The van der Waals surface area contributed by atoms with Crippen molar-refractivity contribution in [1.29, 1.82) is 0 Å². The second-order valence-electron chi connectivity index (χ2n) is 2.85. The van der Waals surface area contributed by atoms with Gasteiger partial charge in [0.05, 0.1) is 12.6 Å². The van der Waals surface area contributed by atoms with Crippen LogP contribution in [-0.2, 0) is 0 Å². The van der Waals surface area contributed by atoms with E-state index in [4.69, 9.17) is 4.74 Å². The molecule has 1 aromatic heterocycles. The van der Waals surface area contributed by atoms with Crippen LogP contribution < -0.4 is 4.74 Å². The van der Waals surface area contributed by atoms with Gasteiger partial charge in [0.25, 0.3) is 0 Å². The second kappa shape index (κ2) is 4.77. The summed E-state index contributed by atoms with van der Waals surface area (Å²) in [5.41, 5.74) is 1.53. The Balaban J connectivity index is 0.000000531. The minimum absolute atomic E-state index is 0.247. The molecule has 3 nitrogen and oxygen atoms in total. The van der Waals surface area contributed by atoms with E-state index in [1.807, 2.05) is 20.8 Å². The number of hydrogen-bond acceptors (Lipinski definition) is 2.